The number of quaternary nitrogens is 1. The number of carboxylic acids is 2. The van der Waals surface area contributed by atoms with E-state index in [1.165, 1.54) is 55.8 Å². The predicted molar refractivity (Wildman–Crippen MR) is 187 cm³/mol. The number of nitrogens with two attached hydrogens (primary N) is 1. The summed E-state index contributed by atoms with van der Waals surface area (Å²) in [7, 11) is 4.05. The van der Waals surface area contributed by atoms with E-state index in [1.54, 1.807) is 60.7 Å². The van der Waals surface area contributed by atoms with E-state index in [0.29, 0.717) is 11.1 Å². The van der Waals surface area contributed by atoms with Gasteiger partial charge in [0.1, 0.15) is 29.6 Å². The van der Waals surface area contributed by atoms with Gasteiger partial charge in [0.15, 0.2) is 18.2 Å². The highest BCUT2D eigenvalue weighted by Crippen LogP contribution is 2.27. The van der Waals surface area contributed by atoms with Crippen molar-refractivity contribution in [2.24, 2.45) is 0 Å². The van der Waals surface area contributed by atoms with Crippen LogP contribution >= 0.6 is 0 Å². The number of phenolic OH excluding ortho intramolecular Hbond substituents is 2. The summed E-state index contributed by atoms with van der Waals surface area (Å²) in [6, 6.07) is 25.1. The van der Waals surface area contributed by atoms with Crippen LogP contribution in [0.15, 0.2) is 97.1 Å². The number of ether oxygens (including phenoxy) is 2. The zero-order valence-corrected chi connectivity index (χ0v) is 28.8. The fraction of sp³-hybridized carbons (Fsp3) is 0.263. The van der Waals surface area contributed by atoms with Gasteiger partial charge in [0.05, 0.1) is 30.7 Å². The van der Waals surface area contributed by atoms with E-state index in [2.05, 4.69) is 31.5 Å². The number of ketones is 2. The Morgan fingerprint density at radius 1 is 0.700 bits per heavy atom. The summed E-state index contributed by atoms with van der Waals surface area (Å²) in [6.07, 6.45) is 2.52. The molecule has 0 fully saturated rings. The smallest absolute Gasteiger partial charge is 0.341 e. The van der Waals surface area contributed by atoms with Gasteiger partial charge in [-0.1, -0.05) is 74.5 Å². The molecule has 0 bridgehead atoms. The third-order valence-electron chi connectivity index (χ3n) is 6.30. The van der Waals surface area contributed by atoms with Crippen LogP contribution in [0, 0.1) is 0 Å². The van der Waals surface area contributed by atoms with Gasteiger partial charge in [0.25, 0.3) is 0 Å². The van der Waals surface area contributed by atoms with Crippen LogP contribution in [0.3, 0.4) is 0 Å². The number of aliphatic carboxylic acids is 2. The summed E-state index contributed by atoms with van der Waals surface area (Å²) in [5.74, 6) is -3.30. The van der Waals surface area contributed by atoms with Crippen molar-refractivity contribution < 1.29 is 54.4 Å². The summed E-state index contributed by atoms with van der Waals surface area (Å²) < 4.78 is 9.77. The number of hydrogen-bond donors (Lipinski definition) is 5. The first kappa shape index (κ1) is 42.3. The minimum Gasteiger partial charge on any atom is -0.546 e. The number of benzene rings is 4. The van der Waals surface area contributed by atoms with E-state index in [1.807, 2.05) is 7.05 Å². The first-order valence-electron chi connectivity index (χ1n) is 15.9. The summed E-state index contributed by atoms with van der Waals surface area (Å²) in [5.41, 5.74) is 1.17. The SMILES string of the molecule is CCCNC.CCC[NH2+]C.O=C(O)COc1ccc(C(=O)c2ccccc2)c(O)c1.O=C([O-])COc1ccc(C(=O)c2ccccc2)c(O)c1. The molecule has 6 N–H and O–H groups in total. The van der Waals surface area contributed by atoms with Crippen LogP contribution in [0.2, 0.25) is 0 Å². The van der Waals surface area contributed by atoms with E-state index in [-0.39, 0.29) is 45.7 Å². The molecule has 12 heteroatoms. The van der Waals surface area contributed by atoms with Crippen molar-refractivity contribution >= 4 is 23.5 Å². The molecule has 0 aliphatic carbocycles. The first-order valence-corrected chi connectivity index (χ1v) is 15.9. The molecule has 0 atom stereocenters. The molecule has 4 rings (SSSR count). The minimum atomic E-state index is -1.37. The van der Waals surface area contributed by atoms with E-state index in [4.69, 9.17) is 14.6 Å². The number of rotatable bonds is 14. The third kappa shape index (κ3) is 16.4. The second kappa shape index (κ2) is 24.4. The Kier molecular flexibility index (Phi) is 20.7. The maximum Gasteiger partial charge on any atom is 0.341 e. The molecule has 4 aromatic rings. The third-order valence-corrected chi connectivity index (χ3v) is 6.30. The van der Waals surface area contributed by atoms with Gasteiger partial charge in [-0.05, 0) is 50.7 Å². The molecule has 0 aliphatic rings. The molecule has 12 nitrogen and oxygen atoms in total. The Labute approximate surface area is 292 Å². The lowest BCUT2D eigenvalue weighted by molar-refractivity contribution is -0.626. The number of nitrogens with one attached hydrogen (secondary N) is 1. The highest BCUT2D eigenvalue weighted by molar-refractivity contribution is 6.11. The first-order chi connectivity index (χ1) is 24.0. The van der Waals surface area contributed by atoms with Gasteiger partial charge in [0.2, 0.25) is 0 Å². The van der Waals surface area contributed by atoms with Crippen LogP contribution < -0.4 is 25.2 Å². The van der Waals surface area contributed by atoms with Crippen molar-refractivity contribution in [3.63, 3.8) is 0 Å². The van der Waals surface area contributed by atoms with Gasteiger partial charge in [0, 0.05) is 23.3 Å². The Hall–Kier alpha value is -5.72. The Morgan fingerprint density at radius 3 is 1.42 bits per heavy atom. The van der Waals surface area contributed by atoms with Crippen LogP contribution in [0.5, 0.6) is 23.0 Å². The maximum absolute atomic E-state index is 12.1. The van der Waals surface area contributed by atoms with Crippen LogP contribution in [0.25, 0.3) is 0 Å². The lowest BCUT2D eigenvalue weighted by Gasteiger charge is -2.09. The number of carbonyl (C=O) groups is 4. The molecule has 0 spiro atoms. The maximum atomic E-state index is 12.1. The molecule has 0 aliphatic heterocycles. The van der Waals surface area contributed by atoms with Crippen LogP contribution in [-0.2, 0) is 9.59 Å². The van der Waals surface area contributed by atoms with Crippen molar-refractivity contribution in [3.8, 4) is 23.0 Å². The minimum absolute atomic E-state index is 0.122. The molecule has 0 radical (unpaired) electrons. The van der Waals surface area contributed by atoms with Crippen molar-refractivity contribution in [1.82, 2.24) is 5.32 Å². The second-order valence-corrected chi connectivity index (χ2v) is 10.4. The van der Waals surface area contributed by atoms with E-state index < -0.39 is 25.2 Å². The van der Waals surface area contributed by atoms with Gasteiger partial charge in [-0.2, -0.15) is 0 Å². The summed E-state index contributed by atoms with van der Waals surface area (Å²) in [5, 5.41) is 43.6. The molecular weight excluding hydrogens is 644 g/mol. The quantitative estimate of drug-likeness (QED) is 0.122. The monoisotopic (exact) mass is 690 g/mol. The molecule has 0 saturated heterocycles. The molecule has 4 aromatic carbocycles. The highest BCUT2D eigenvalue weighted by Gasteiger charge is 2.15. The standard InChI is InChI=1S/2C15H12O5.2C4H11N/c2*16-13-8-11(20-9-14(17)18)6-7-12(13)15(19)10-4-2-1-3-5-10;2*1-3-4-5-2/h2*1-8,16H,9H2,(H,17,18);2*5H,3-4H2,1-2H3. The van der Waals surface area contributed by atoms with Gasteiger partial charge < -0.3 is 45.3 Å². The Bertz CT molecular complexity index is 1490. The molecule has 0 amide bonds. The lowest BCUT2D eigenvalue weighted by atomic mass is 10.0. The summed E-state index contributed by atoms with van der Waals surface area (Å²) >= 11 is 0. The zero-order chi connectivity index (χ0) is 37.3. The van der Waals surface area contributed by atoms with Crippen molar-refractivity contribution in [1.29, 1.82) is 0 Å². The summed E-state index contributed by atoms with van der Waals surface area (Å²) in [4.78, 5) is 44.9. The normalized spacial score (nSPS) is 9.68. The van der Waals surface area contributed by atoms with Crippen LogP contribution in [0.1, 0.15) is 58.5 Å². The predicted octanol–water partition coefficient (Wildman–Crippen LogP) is 3.04. The second-order valence-electron chi connectivity index (χ2n) is 10.4. The number of carbonyl (C=O) groups excluding carboxylic acids is 3. The molecular formula is C38H46N2O10. The lowest BCUT2D eigenvalue weighted by Crippen LogP contribution is -2.79. The molecule has 0 unspecified atom stereocenters. The van der Waals surface area contributed by atoms with Crippen molar-refractivity contribution in [2.75, 3.05) is 40.4 Å². The fourth-order valence-corrected chi connectivity index (χ4v) is 3.90. The Balaban J connectivity index is 0.000000394. The van der Waals surface area contributed by atoms with E-state index in [9.17, 15) is 34.5 Å². The topological polar surface area (TPSA) is 199 Å². The van der Waals surface area contributed by atoms with E-state index in [0.717, 1.165) is 6.54 Å². The van der Waals surface area contributed by atoms with Gasteiger partial charge in [-0.15, -0.1) is 0 Å². The van der Waals surface area contributed by atoms with Crippen molar-refractivity contribution in [3.05, 3.63) is 119 Å². The average Bonchev–Trinajstić information content (AvgIpc) is 3.11. The number of aromatic hydroxyl groups is 2. The molecule has 0 heterocycles. The van der Waals surface area contributed by atoms with Crippen LogP contribution in [-0.4, -0.2) is 79.2 Å². The zero-order valence-electron chi connectivity index (χ0n) is 28.8. The number of phenols is 2. The van der Waals surface area contributed by atoms with Gasteiger partial charge >= 0.3 is 5.97 Å². The largest absolute Gasteiger partial charge is 0.546 e. The Morgan fingerprint density at radius 2 is 1.14 bits per heavy atom. The van der Waals surface area contributed by atoms with Crippen LogP contribution in [0.4, 0.5) is 0 Å². The number of carboxylic acid groups (broad SMARTS) is 2. The summed E-state index contributed by atoms with van der Waals surface area (Å²) in [6.45, 7) is 5.60. The average molecular weight is 691 g/mol. The van der Waals surface area contributed by atoms with Crippen molar-refractivity contribution in [2.45, 2.75) is 26.7 Å². The molecule has 0 aromatic heterocycles. The molecule has 0 saturated carbocycles. The molecule has 50 heavy (non-hydrogen) atoms. The highest BCUT2D eigenvalue weighted by atomic mass is 16.5. The molecule has 268 valence electrons. The fourth-order valence-electron chi connectivity index (χ4n) is 3.90. The van der Waals surface area contributed by atoms with Gasteiger partial charge in [-0.25, -0.2) is 4.79 Å². The number of hydrogen-bond acceptors (Lipinski definition) is 10. The van der Waals surface area contributed by atoms with Gasteiger partial charge in [-0.3, -0.25) is 9.59 Å². The van der Waals surface area contributed by atoms with E-state index >= 15 is 0 Å².